The van der Waals surface area contributed by atoms with Crippen molar-refractivity contribution in [1.29, 1.82) is 0 Å². The average molecular weight is 271 g/mol. The summed E-state index contributed by atoms with van der Waals surface area (Å²) in [6, 6.07) is 9.84. The van der Waals surface area contributed by atoms with E-state index in [9.17, 15) is 9.90 Å². The van der Waals surface area contributed by atoms with Crippen LogP contribution in [0.25, 0.3) is 6.08 Å². The van der Waals surface area contributed by atoms with Crippen LogP contribution in [0.1, 0.15) is 37.7 Å². The highest BCUT2D eigenvalue weighted by Gasteiger charge is 2.50. The molecule has 0 bridgehead atoms. The molecule has 1 aliphatic heterocycles. The molecule has 1 saturated heterocycles. The Labute approximate surface area is 119 Å². The van der Waals surface area contributed by atoms with Gasteiger partial charge >= 0.3 is 0 Å². The van der Waals surface area contributed by atoms with Gasteiger partial charge in [-0.2, -0.15) is 0 Å². The molecular formula is C17H21NO2. The molecule has 0 radical (unpaired) electrons. The summed E-state index contributed by atoms with van der Waals surface area (Å²) in [5, 5.41) is 10.3. The highest BCUT2D eigenvalue weighted by Crippen LogP contribution is 2.43. The van der Waals surface area contributed by atoms with Crippen molar-refractivity contribution in [3.63, 3.8) is 0 Å². The SMILES string of the molecule is O=C(C=Cc1ccccc1)N1CCC[C@@]12CCC[C@H]2O. The van der Waals surface area contributed by atoms with Gasteiger partial charge in [-0.3, -0.25) is 4.79 Å². The molecule has 1 N–H and O–H groups in total. The van der Waals surface area contributed by atoms with Crippen LogP contribution < -0.4 is 0 Å². The average Bonchev–Trinajstić information content (AvgIpc) is 3.06. The van der Waals surface area contributed by atoms with Gasteiger partial charge in [-0.25, -0.2) is 0 Å². The molecule has 0 aromatic heterocycles. The van der Waals surface area contributed by atoms with Crippen LogP contribution in [0.15, 0.2) is 36.4 Å². The molecule has 1 aromatic carbocycles. The van der Waals surface area contributed by atoms with E-state index in [-0.39, 0.29) is 17.6 Å². The Bertz CT molecular complexity index is 507. The fourth-order valence-corrected chi connectivity index (χ4v) is 3.70. The lowest BCUT2D eigenvalue weighted by atomic mass is 9.91. The zero-order valence-electron chi connectivity index (χ0n) is 11.7. The molecule has 106 valence electrons. The molecule has 2 atom stereocenters. The van der Waals surface area contributed by atoms with E-state index >= 15 is 0 Å². The van der Waals surface area contributed by atoms with Crippen molar-refractivity contribution in [3.05, 3.63) is 42.0 Å². The normalized spacial score (nSPS) is 29.6. The predicted molar refractivity (Wildman–Crippen MR) is 79.0 cm³/mol. The summed E-state index contributed by atoms with van der Waals surface area (Å²) in [5.41, 5.74) is 0.749. The number of carbonyl (C=O) groups excluding carboxylic acids is 1. The lowest BCUT2D eigenvalue weighted by Crippen LogP contribution is -2.51. The van der Waals surface area contributed by atoms with Crippen LogP contribution in [-0.4, -0.2) is 34.1 Å². The molecule has 1 heterocycles. The minimum Gasteiger partial charge on any atom is -0.391 e. The van der Waals surface area contributed by atoms with Gasteiger partial charge in [0.2, 0.25) is 5.91 Å². The Morgan fingerprint density at radius 3 is 2.70 bits per heavy atom. The number of hydrogen-bond donors (Lipinski definition) is 1. The van der Waals surface area contributed by atoms with Crippen LogP contribution in [0.3, 0.4) is 0 Å². The highest BCUT2D eigenvalue weighted by molar-refractivity contribution is 5.92. The van der Waals surface area contributed by atoms with E-state index in [1.165, 1.54) is 0 Å². The standard InChI is InChI=1S/C17H21NO2/c19-15-8-4-11-17(15)12-5-13-18(17)16(20)10-9-14-6-2-1-3-7-14/h1-3,6-7,9-10,15,19H,4-5,8,11-13H2/t15-,17-/m1/s1. The van der Waals surface area contributed by atoms with Crippen LogP contribution in [0.5, 0.6) is 0 Å². The molecule has 3 heteroatoms. The first kappa shape index (κ1) is 13.4. The Morgan fingerprint density at radius 1 is 1.25 bits per heavy atom. The van der Waals surface area contributed by atoms with Gasteiger partial charge in [-0.05, 0) is 43.7 Å². The third kappa shape index (κ3) is 2.27. The molecule has 3 nitrogen and oxygen atoms in total. The Balaban J connectivity index is 1.75. The van der Waals surface area contributed by atoms with E-state index in [1.807, 2.05) is 41.3 Å². The van der Waals surface area contributed by atoms with Gasteiger partial charge in [-0.15, -0.1) is 0 Å². The van der Waals surface area contributed by atoms with Crippen molar-refractivity contribution in [2.24, 2.45) is 0 Å². The number of carbonyl (C=O) groups is 1. The second-order valence-corrected chi connectivity index (χ2v) is 5.85. The summed E-state index contributed by atoms with van der Waals surface area (Å²) >= 11 is 0. The van der Waals surface area contributed by atoms with Gasteiger partial charge in [-0.1, -0.05) is 30.3 Å². The van der Waals surface area contributed by atoms with Crippen molar-refractivity contribution in [2.75, 3.05) is 6.54 Å². The maximum atomic E-state index is 12.5. The zero-order chi connectivity index (χ0) is 14.0. The monoisotopic (exact) mass is 271 g/mol. The number of aliphatic hydroxyl groups is 1. The van der Waals surface area contributed by atoms with Crippen LogP contribution in [-0.2, 0) is 4.79 Å². The quantitative estimate of drug-likeness (QED) is 0.840. The fraction of sp³-hybridized carbons (Fsp3) is 0.471. The second-order valence-electron chi connectivity index (χ2n) is 5.85. The summed E-state index contributed by atoms with van der Waals surface area (Å²) in [6.45, 7) is 0.773. The zero-order valence-corrected chi connectivity index (χ0v) is 11.7. The molecule has 1 aromatic rings. The molecule has 1 aliphatic carbocycles. The molecule has 20 heavy (non-hydrogen) atoms. The van der Waals surface area contributed by atoms with Gasteiger partial charge in [0, 0.05) is 12.6 Å². The number of amides is 1. The van der Waals surface area contributed by atoms with E-state index in [0.717, 1.165) is 44.2 Å². The maximum Gasteiger partial charge on any atom is 0.247 e. The molecule has 0 unspecified atom stereocenters. The van der Waals surface area contributed by atoms with Gasteiger partial charge in [0.25, 0.3) is 0 Å². The van der Waals surface area contributed by atoms with E-state index in [4.69, 9.17) is 0 Å². The lowest BCUT2D eigenvalue weighted by Gasteiger charge is -2.37. The van der Waals surface area contributed by atoms with E-state index in [1.54, 1.807) is 6.08 Å². The number of rotatable bonds is 2. The van der Waals surface area contributed by atoms with Gasteiger partial charge in [0.1, 0.15) is 0 Å². The van der Waals surface area contributed by atoms with Crippen LogP contribution in [0.2, 0.25) is 0 Å². The molecule has 3 rings (SSSR count). The molecule has 1 amide bonds. The van der Waals surface area contributed by atoms with E-state index < -0.39 is 0 Å². The maximum absolute atomic E-state index is 12.5. The van der Waals surface area contributed by atoms with Crippen LogP contribution in [0.4, 0.5) is 0 Å². The first-order chi connectivity index (χ1) is 9.72. The van der Waals surface area contributed by atoms with E-state index in [0.29, 0.717) is 0 Å². The Kier molecular flexibility index (Phi) is 3.62. The minimum absolute atomic E-state index is 0.0345. The number of nitrogens with zero attached hydrogens (tertiary/aromatic N) is 1. The first-order valence-corrected chi connectivity index (χ1v) is 7.45. The molecule has 1 saturated carbocycles. The summed E-state index contributed by atoms with van der Waals surface area (Å²) in [4.78, 5) is 14.4. The highest BCUT2D eigenvalue weighted by atomic mass is 16.3. The number of hydrogen-bond acceptors (Lipinski definition) is 2. The minimum atomic E-state index is -0.348. The first-order valence-electron chi connectivity index (χ1n) is 7.45. The van der Waals surface area contributed by atoms with Crippen molar-refractivity contribution < 1.29 is 9.90 Å². The topological polar surface area (TPSA) is 40.5 Å². The third-order valence-corrected chi connectivity index (χ3v) is 4.72. The molecular weight excluding hydrogens is 250 g/mol. The third-order valence-electron chi connectivity index (χ3n) is 4.72. The van der Waals surface area contributed by atoms with Crippen LogP contribution in [0, 0.1) is 0 Å². The second kappa shape index (κ2) is 5.41. The number of benzene rings is 1. The molecule has 1 spiro atoms. The van der Waals surface area contributed by atoms with E-state index in [2.05, 4.69) is 0 Å². The lowest BCUT2D eigenvalue weighted by molar-refractivity contribution is -0.133. The summed E-state index contributed by atoms with van der Waals surface area (Å²) in [6.07, 6.45) is 7.89. The van der Waals surface area contributed by atoms with Gasteiger partial charge < -0.3 is 10.0 Å². The molecule has 2 fully saturated rings. The fourth-order valence-electron chi connectivity index (χ4n) is 3.70. The summed E-state index contributed by atoms with van der Waals surface area (Å²) < 4.78 is 0. The smallest absolute Gasteiger partial charge is 0.247 e. The number of aliphatic hydroxyl groups excluding tert-OH is 1. The van der Waals surface area contributed by atoms with Crippen LogP contribution >= 0.6 is 0 Å². The Hall–Kier alpha value is -1.61. The van der Waals surface area contributed by atoms with Crippen molar-refractivity contribution >= 4 is 12.0 Å². The van der Waals surface area contributed by atoms with Crippen molar-refractivity contribution in [1.82, 2.24) is 4.90 Å². The van der Waals surface area contributed by atoms with Gasteiger partial charge in [0.15, 0.2) is 0 Å². The van der Waals surface area contributed by atoms with Gasteiger partial charge in [0.05, 0.1) is 11.6 Å². The number of likely N-dealkylation sites (tertiary alicyclic amines) is 1. The largest absolute Gasteiger partial charge is 0.391 e. The summed E-state index contributed by atoms with van der Waals surface area (Å²) in [5.74, 6) is 0.0345. The van der Waals surface area contributed by atoms with Crippen molar-refractivity contribution in [2.45, 2.75) is 43.7 Å². The predicted octanol–water partition coefficient (Wildman–Crippen LogP) is 2.61. The summed E-state index contributed by atoms with van der Waals surface area (Å²) in [7, 11) is 0. The molecule has 2 aliphatic rings. The van der Waals surface area contributed by atoms with Crippen molar-refractivity contribution in [3.8, 4) is 0 Å². The Morgan fingerprint density at radius 2 is 2.00 bits per heavy atom.